The maximum absolute atomic E-state index is 9.94. The van der Waals surface area contributed by atoms with Gasteiger partial charge in [0.25, 0.3) is 0 Å². The Labute approximate surface area is 92.9 Å². The van der Waals surface area contributed by atoms with Gasteiger partial charge in [-0.15, -0.1) is 11.3 Å². The minimum absolute atomic E-state index is 0.405. The van der Waals surface area contributed by atoms with Crippen LogP contribution in [0.1, 0.15) is 30.2 Å². The van der Waals surface area contributed by atoms with Gasteiger partial charge in [0.05, 0.1) is 16.0 Å². The molecular weight excluding hydrogens is 218 g/mol. The standard InChI is InChI=1S/C10H14ClNOS/c11-8-3-5-14-10(8)9(13)6-7-2-1-4-12-7/h3,5,7,9,12-13H,1-2,4,6H2. The number of hydrogen-bond donors (Lipinski definition) is 2. The summed E-state index contributed by atoms with van der Waals surface area (Å²) in [6.07, 6.45) is 2.76. The first-order chi connectivity index (χ1) is 6.77. The molecule has 1 saturated heterocycles. The number of halogens is 1. The van der Waals surface area contributed by atoms with Gasteiger partial charge in [-0.25, -0.2) is 0 Å². The lowest BCUT2D eigenvalue weighted by molar-refractivity contribution is 0.158. The lowest BCUT2D eigenvalue weighted by Crippen LogP contribution is -2.23. The maximum atomic E-state index is 9.94. The Morgan fingerprint density at radius 2 is 2.57 bits per heavy atom. The molecule has 1 fully saturated rings. The number of aliphatic hydroxyl groups excluding tert-OH is 1. The van der Waals surface area contributed by atoms with Gasteiger partial charge in [-0.05, 0) is 37.3 Å². The molecule has 0 aromatic carbocycles. The van der Waals surface area contributed by atoms with Crippen LogP contribution < -0.4 is 5.32 Å². The van der Waals surface area contributed by atoms with E-state index in [2.05, 4.69) is 5.32 Å². The zero-order chi connectivity index (χ0) is 9.97. The Hall–Kier alpha value is -0.0900. The predicted octanol–water partition coefficient (Wildman–Crippen LogP) is 2.58. The predicted molar refractivity (Wildman–Crippen MR) is 59.9 cm³/mol. The van der Waals surface area contributed by atoms with Crippen molar-refractivity contribution in [3.63, 3.8) is 0 Å². The Kier molecular flexibility index (Phi) is 3.44. The van der Waals surface area contributed by atoms with Gasteiger partial charge in [0, 0.05) is 6.04 Å². The quantitative estimate of drug-likeness (QED) is 0.838. The Morgan fingerprint density at radius 1 is 1.71 bits per heavy atom. The molecule has 2 rings (SSSR count). The van der Waals surface area contributed by atoms with E-state index in [0.717, 1.165) is 17.8 Å². The third-order valence-corrected chi connectivity index (χ3v) is 4.08. The first-order valence-electron chi connectivity index (χ1n) is 4.91. The smallest absolute Gasteiger partial charge is 0.0911 e. The first-order valence-corrected chi connectivity index (χ1v) is 6.17. The van der Waals surface area contributed by atoms with E-state index in [4.69, 9.17) is 11.6 Å². The molecule has 4 heteroatoms. The third-order valence-electron chi connectivity index (χ3n) is 2.62. The zero-order valence-corrected chi connectivity index (χ0v) is 9.44. The fourth-order valence-electron chi connectivity index (χ4n) is 1.88. The molecule has 2 unspecified atom stereocenters. The van der Waals surface area contributed by atoms with Crippen molar-refractivity contribution in [3.05, 3.63) is 21.3 Å². The zero-order valence-electron chi connectivity index (χ0n) is 7.87. The van der Waals surface area contributed by atoms with Gasteiger partial charge in [0.15, 0.2) is 0 Å². The average molecular weight is 232 g/mol. The minimum atomic E-state index is -0.405. The van der Waals surface area contributed by atoms with Gasteiger partial charge in [0.1, 0.15) is 0 Å². The van der Waals surface area contributed by atoms with Crippen molar-refractivity contribution < 1.29 is 5.11 Å². The number of hydrogen-bond acceptors (Lipinski definition) is 3. The molecule has 1 aliphatic heterocycles. The van der Waals surface area contributed by atoms with Crippen LogP contribution in [0.5, 0.6) is 0 Å². The van der Waals surface area contributed by atoms with E-state index in [1.807, 2.05) is 11.4 Å². The second-order valence-electron chi connectivity index (χ2n) is 3.68. The van der Waals surface area contributed by atoms with Crippen LogP contribution in [0, 0.1) is 0 Å². The van der Waals surface area contributed by atoms with Crippen LogP contribution in [0.4, 0.5) is 0 Å². The Balaban J connectivity index is 1.95. The van der Waals surface area contributed by atoms with E-state index in [9.17, 15) is 5.11 Å². The van der Waals surface area contributed by atoms with E-state index in [0.29, 0.717) is 11.1 Å². The highest BCUT2D eigenvalue weighted by molar-refractivity contribution is 7.10. The topological polar surface area (TPSA) is 32.3 Å². The van der Waals surface area contributed by atoms with Crippen molar-refractivity contribution in [1.82, 2.24) is 5.32 Å². The lowest BCUT2D eigenvalue weighted by Gasteiger charge is -2.14. The summed E-state index contributed by atoms with van der Waals surface area (Å²) in [5.41, 5.74) is 0. The molecule has 2 heterocycles. The summed E-state index contributed by atoms with van der Waals surface area (Å²) in [6.45, 7) is 1.08. The monoisotopic (exact) mass is 231 g/mol. The van der Waals surface area contributed by atoms with Crippen molar-refractivity contribution in [1.29, 1.82) is 0 Å². The molecular formula is C10H14ClNOS. The van der Waals surface area contributed by atoms with E-state index in [-0.39, 0.29) is 0 Å². The molecule has 1 aliphatic rings. The van der Waals surface area contributed by atoms with Crippen molar-refractivity contribution in [2.45, 2.75) is 31.4 Å². The van der Waals surface area contributed by atoms with Gasteiger partial charge in [-0.2, -0.15) is 0 Å². The van der Waals surface area contributed by atoms with Crippen molar-refractivity contribution in [2.75, 3.05) is 6.54 Å². The summed E-state index contributed by atoms with van der Waals surface area (Å²) in [5, 5.41) is 15.9. The molecule has 0 saturated carbocycles. The molecule has 14 heavy (non-hydrogen) atoms. The molecule has 0 bridgehead atoms. The molecule has 2 N–H and O–H groups in total. The first kappa shape index (κ1) is 10.4. The van der Waals surface area contributed by atoms with Gasteiger partial charge in [-0.1, -0.05) is 11.6 Å². The number of rotatable bonds is 3. The average Bonchev–Trinajstić information content (AvgIpc) is 2.75. The summed E-state index contributed by atoms with van der Waals surface area (Å²) in [6, 6.07) is 2.30. The summed E-state index contributed by atoms with van der Waals surface area (Å²) in [4.78, 5) is 0.903. The molecule has 2 atom stereocenters. The summed E-state index contributed by atoms with van der Waals surface area (Å²) >= 11 is 7.48. The fraction of sp³-hybridized carbons (Fsp3) is 0.600. The Bertz CT molecular complexity index is 296. The van der Waals surface area contributed by atoms with Crippen LogP contribution in [0.15, 0.2) is 11.4 Å². The fourth-order valence-corrected chi connectivity index (χ4v) is 3.06. The van der Waals surface area contributed by atoms with E-state index >= 15 is 0 Å². The van der Waals surface area contributed by atoms with Crippen LogP contribution in [-0.4, -0.2) is 17.7 Å². The maximum Gasteiger partial charge on any atom is 0.0911 e. The van der Waals surface area contributed by atoms with E-state index in [1.54, 1.807) is 0 Å². The van der Waals surface area contributed by atoms with Gasteiger partial charge >= 0.3 is 0 Å². The van der Waals surface area contributed by atoms with Crippen LogP contribution in [0.2, 0.25) is 5.02 Å². The number of thiophene rings is 1. The molecule has 0 radical (unpaired) electrons. The summed E-state index contributed by atoms with van der Waals surface area (Å²) in [5.74, 6) is 0. The van der Waals surface area contributed by atoms with Crippen LogP contribution in [-0.2, 0) is 0 Å². The SMILES string of the molecule is OC(CC1CCCN1)c1sccc1Cl. The number of aliphatic hydroxyl groups is 1. The molecule has 78 valence electrons. The molecule has 0 spiro atoms. The van der Waals surface area contributed by atoms with Gasteiger partial charge < -0.3 is 10.4 Å². The molecule has 0 amide bonds. The van der Waals surface area contributed by atoms with Crippen molar-refractivity contribution in [2.24, 2.45) is 0 Å². The van der Waals surface area contributed by atoms with E-state index < -0.39 is 6.10 Å². The summed E-state index contributed by atoms with van der Waals surface area (Å²) < 4.78 is 0. The lowest BCUT2D eigenvalue weighted by atomic mass is 10.1. The number of nitrogens with one attached hydrogen (secondary N) is 1. The third kappa shape index (κ3) is 2.28. The highest BCUT2D eigenvalue weighted by Crippen LogP contribution is 2.32. The van der Waals surface area contributed by atoms with E-state index in [1.165, 1.54) is 24.2 Å². The highest BCUT2D eigenvalue weighted by atomic mass is 35.5. The molecule has 0 aliphatic carbocycles. The van der Waals surface area contributed by atoms with Crippen LogP contribution in [0.25, 0.3) is 0 Å². The highest BCUT2D eigenvalue weighted by Gasteiger charge is 2.21. The van der Waals surface area contributed by atoms with Crippen LogP contribution >= 0.6 is 22.9 Å². The van der Waals surface area contributed by atoms with Crippen molar-refractivity contribution in [3.8, 4) is 0 Å². The normalized spacial score (nSPS) is 24.0. The van der Waals surface area contributed by atoms with Crippen molar-refractivity contribution >= 4 is 22.9 Å². The molecule has 1 aromatic heterocycles. The second-order valence-corrected chi connectivity index (χ2v) is 5.03. The van der Waals surface area contributed by atoms with Gasteiger partial charge in [-0.3, -0.25) is 0 Å². The van der Waals surface area contributed by atoms with Gasteiger partial charge in [0.2, 0.25) is 0 Å². The second kappa shape index (κ2) is 4.62. The minimum Gasteiger partial charge on any atom is -0.387 e. The Morgan fingerprint density at radius 3 is 3.14 bits per heavy atom. The molecule has 1 aromatic rings. The largest absolute Gasteiger partial charge is 0.387 e. The summed E-state index contributed by atoms with van der Waals surface area (Å²) in [7, 11) is 0. The van der Waals surface area contributed by atoms with Crippen LogP contribution in [0.3, 0.4) is 0 Å². The molecule has 2 nitrogen and oxygen atoms in total.